The number of anilines is 1. The van der Waals surface area contributed by atoms with E-state index >= 15 is 0 Å². The van der Waals surface area contributed by atoms with Crippen molar-refractivity contribution in [2.45, 2.75) is 51.2 Å². The molecule has 3 heteroatoms. The maximum atomic E-state index is 10.3. The summed E-state index contributed by atoms with van der Waals surface area (Å²) in [6.07, 6.45) is 5.62. The summed E-state index contributed by atoms with van der Waals surface area (Å²) in [5.74, 6) is 0.439. The lowest BCUT2D eigenvalue weighted by Gasteiger charge is -2.43. The van der Waals surface area contributed by atoms with Gasteiger partial charge in [-0.25, -0.2) is 0 Å². The van der Waals surface area contributed by atoms with Crippen LogP contribution in [-0.2, 0) is 0 Å². The summed E-state index contributed by atoms with van der Waals surface area (Å²) in [4.78, 5) is 6.71. The van der Waals surface area contributed by atoms with Crippen LogP contribution in [0, 0.1) is 0 Å². The Morgan fingerprint density at radius 1 is 1.53 bits per heavy atom. The average Bonchev–Trinajstić information content (AvgIpc) is 2.38. The van der Waals surface area contributed by atoms with Crippen molar-refractivity contribution in [3.63, 3.8) is 0 Å². The molecule has 3 nitrogen and oxygen atoms in total. The first kappa shape index (κ1) is 14.1. The summed E-state index contributed by atoms with van der Waals surface area (Å²) in [5.41, 5.74) is 1.54. The largest absolute Gasteiger partial charge is 0.388 e. The Balaban J connectivity index is 2.24. The maximum absolute atomic E-state index is 10.3. The van der Waals surface area contributed by atoms with Crippen molar-refractivity contribution in [3.05, 3.63) is 36.7 Å². The van der Waals surface area contributed by atoms with Crippen LogP contribution in [0.4, 0.5) is 5.69 Å². The topological polar surface area (TPSA) is 36.4 Å². The molecule has 0 amide bonds. The average molecular weight is 260 g/mol. The SMILES string of the molecule is C=C[C@H]1CC[C@](C)(O)CN1c1ccc(C(C)C)nc1. The fourth-order valence-electron chi connectivity index (χ4n) is 2.61. The van der Waals surface area contributed by atoms with Crippen molar-refractivity contribution in [2.24, 2.45) is 0 Å². The zero-order valence-corrected chi connectivity index (χ0v) is 12.1. The van der Waals surface area contributed by atoms with E-state index in [1.54, 1.807) is 0 Å². The summed E-state index contributed by atoms with van der Waals surface area (Å²) in [7, 11) is 0. The van der Waals surface area contributed by atoms with Crippen molar-refractivity contribution in [2.75, 3.05) is 11.4 Å². The minimum atomic E-state index is -0.629. The van der Waals surface area contributed by atoms with Gasteiger partial charge in [-0.15, -0.1) is 6.58 Å². The van der Waals surface area contributed by atoms with Crippen molar-refractivity contribution in [1.82, 2.24) is 4.98 Å². The van der Waals surface area contributed by atoms with E-state index in [-0.39, 0.29) is 6.04 Å². The number of rotatable bonds is 3. The molecule has 0 radical (unpaired) electrons. The van der Waals surface area contributed by atoms with Crippen LogP contribution in [0.1, 0.15) is 45.2 Å². The normalized spacial score (nSPS) is 27.6. The second-order valence-electron chi connectivity index (χ2n) is 6.06. The van der Waals surface area contributed by atoms with Gasteiger partial charge in [-0.05, 0) is 37.8 Å². The van der Waals surface area contributed by atoms with Crippen molar-refractivity contribution >= 4 is 5.69 Å². The van der Waals surface area contributed by atoms with Crippen LogP contribution < -0.4 is 4.90 Å². The Labute approximate surface area is 116 Å². The van der Waals surface area contributed by atoms with Gasteiger partial charge in [-0.2, -0.15) is 0 Å². The molecule has 0 unspecified atom stereocenters. The molecule has 1 aromatic heterocycles. The molecule has 1 aliphatic heterocycles. The first-order chi connectivity index (χ1) is 8.93. The summed E-state index contributed by atoms with van der Waals surface area (Å²) in [6, 6.07) is 4.45. The minimum absolute atomic E-state index is 0.284. The quantitative estimate of drug-likeness (QED) is 0.848. The first-order valence-electron chi connectivity index (χ1n) is 7.00. The lowest BCUT2D eigenvalue weighted by Crippen LogP contribution is -2.50. The minimum Gasteiger partial charge on any atom is -0.388 e. The Hall–Kier alpha value is -1.35. The molecule has 1 aromatic rings. The Kier molecular flexibility index (Phi) is 3.95. The fourth-order valence-corrected chi connectivity index (χ4v) is 2.61. The zero-order chi connectivity index (χ0) is 14.0. The molecule has 1 aliphatic rings. The van der Waals surface area contributed by atoms with Gasteiger partial charge in [0, 0.05) is 18.3 Å². The third kappa shape index (κ3) is 3.16. The number of aromatic nitrogens is 1. The predicted molar refractivity (Wildman–Crippen MR) is 79.5 cm³/mol. The number of piperidine rings is 1. The second kappa shape index (κ2) is 5.33. The molecule has 19 heavy (non-hydrogen) atoms. The smallest absolute Gasteiger partial charge is 0.0794 e. The standard InChI is InChI=1S/C16H24N2O/c1-5-13-8-9-16(4,19)11-18(13)14-6-7-15(12(2)3)17-10-14/h5-7,10,12-13,19H,1,8-9,11H2,2-4H3/t13-,16-/m0/s1. The third-order valence-electron chi connectivity index (χ3n) is 3.86. The van der Waals surface area contributed by atoms with Gasteiger partial charge >= 0.3 is 0 Å². The number of nitrogens with zero attached hydrogens (tertiary/aromatic N) is 2. The molecule has 2 atom stereocenters. The van der Waals surface area contributed by atoms with Gasteiger partial charge in [0.05, 0.1) is 17.5 Å². The molecule has 1 N–H and O–H groups in total. The van der Waals surface area contributed by atoms with Crippen LogP contribution in [-0.4, -0.2) is 28.3 Å². The van der Waals surface area contributed by atoms with E-state index in [1.807, 2.05) is 19.2 Å². The van der Waals surface area contributed by atoms with E-state index in [2.05, 4.69) is 42.4 Å². The molecule has 1 saturated heterocycles. The van der Waals surface area contributed by atoms with E-state index in [1.165, 1.54) is 0 Å². The highest BCUT2D eigenvalue weighted by Gasteiger charge is 2.33. The van der Waals surface area contributed by atoms with E-state index in [0.717, 1.165) is 24.2 Å². The lowest BCUT2D eigenvalue weighted by molar-refractivity contribution is 0.0399. The predicted octanol–water partition coefficient (Wildman–Crippen LogP) is 3.11. The second-order valence-corrected chi connectivity index (χ2v) is 6.06. The van der Waals surface area contributed by atoms with Gasteiger partial charge in [0.1, 0.15) is 0 Å². The van der Waals surface area contributed by atoms with Crippen LogP contribution in [0.5, 0.6) is 0 Å². The van der Waals surface area contributed by atoms with E-state index in [4.69, 9.17) is 0 Å². The van der Waals surface area contributed by atoms with Crippen molar-refractivity contribution in [3.8, 4) is 0 Å². The van der Waals surface area contributed by atoms with Crippen molar-refractivity contribution < 1.29 is 5.11 Å². The first-order valence-corrected chi connectivity index (χ1v) is 7.00. The molecular weight excluding hydrogens is 236 g/mol. The van der Waals surface area contributed by atoms with E-state index in [0.29, 0.717) is 12.5 Å². The number of hydrogen-bond donors (Lipinski definition) is 1. The van der Waals surface area contributed by atoms with Crippen LogP contribution in [0.2, 0.25) is 0 Å². The maximum Gasteiger partial charge on any atom is 0.0794 e. The molecule has 0 saturated carbocycles. The summed E-state index contributed by atoms with van der Waals surface area (Å²) < 4.78 is 0. The van der Waals surface area contributed by atoms with Gasteiger partial charge in [0.25, 0.3) is 0 Å². The third-order valence-corrected chi connectivity index (χ3v) is 3.86. The zero-order valence-electron chi connectivity index (χ0n) is 12.1. The molecule has 1 fully saturated rings. The lowest BCUT2D eigenvalue weighted by atomic mass is 9.90. The number of β-amino-alcohol motifs (C(OH)–C–C–N with tert-alkyl or cyclic N) is 1. The monoisotopic (exact) mass is 260 g/mol. The molecule has 104 valence electrons. The molecular formula is C16H24N2O. The molecule has 0 aliphatic carbocycles. The molecule has 2 heterocycles. The van der Waals surface area contributed by atoms with Gasteiger partial charge in [-0.3, -0.25) is 4.98 Å². The highest BCUT2D eigenvalue weighted by molar-refractivity contribution is 5.48. The number of pyridine rings is 1. The highest BCUT2D eigenvalue weighted by Crippen LogP contribution is 2.30. The molecule has 2 rings (SSSR count). The number of hydrogen-bond acceptors (Lipinski definition) is 3. The van der Waals surface area contributed by atoms with E-state index in [9.17, 15) is 5.11 Å². The Morgan fingerprint density at radius 2 is 2.26 bits per heavy atom. The molecule has 0 bridgehead atoms. The van der Waals surface area contributed by atoms with Gasteiger partial charge in [0.15, 0.2) is 0 Å². The molecule has 0 aromatic carbocycles. The summed E-state index contributed by atoms with van der Waals surface area (Å²) in [5, 5.41) is 10.3. The molecule has 0 spiro atoms. The van der Waals surface area contributed by atoms with Crippen LogP contribution in [0.3, 0.4) is 0 Å². The van der Waals surface area contributed by atoms with E-state index < -0.39 is 5.60 Å². The van der Waals surface area contributed by atoms with Crippen LogP contribution in [0.25, 0.3) is 0 Å². The van der Waals surface area contributed by atoms with Crippen LogP contribution >= 0.6 is 0 Å². The van der Waals surface area contributed by atoms with Crippen molar-refractivity contribution in [1.29, 1.82) is 0 Å². The van der Waals surface area contributed by atoms with Crippen LogP contribution in [0.15, 0.2) is 31.0 Å². The fraction of sp³-hybridized carbons (Fsp3) is 0.562. The summed E-state index contributed by atoms with van der Waals surface area (Å²) in [6.45, 7) is 10.7. The Bertz CT molecular complexity index is 437. The highest BCUT2D eigenvalue weighted by atomic mass is 16.3. The van der Waals surface area contributed by atoms with Gasteiger partial charge in [0.2, 0.25) is 0 Å². The van der Waals surface area contributed by atoms with Gasteiger partial charge < -0.3 is 10.0 Å². The number of aliphatic hydroxyl groups is 1. The van der Waals surface area contributed by atoms with Gasteiger partial charge in [-0.1, -0.05) is 19.9 Å². The Morgan fingerprint density at radius 3 is 2.79 bits per heavy atom. The summed E-state index contributed by atoms with van der Waals surface area (Å²) >= 11 is 0.